The fraction of sp³-hybridized carbons (Fsp3) is 0.360. The Morgan fingerprint density at radius 1 is 1.20 bits per heavy atom. The number of hydrogen-bond donors (Lipinski definition) is 2. The molecule has 0 atom stereocenters. The summed E-state index contributed by atoms with van der Waals surface area (Å²) in [5.41, 5.74) is 10.8. The molecule has 1 aromatic heterocycles. The number of likely N-dealkylation sites (N-methyl/N-ethyl adjacent to an activating group) is 1. The van der Waals surface area contributed by atoms with Gasteiger partial charge in [0, 0.05) is 44.2 Å². The zero-order chi connectivity index (χ0) is 21.2. The summed E-state index contributed by atoms with van der Waals surface area (Å²) in [6.07, 6.45) is 0.447. The molecule has 30 heavy (non-hydrogen) atoms. The number of hydrogen-bond acceptors (Lipinski definition) is 4. The smallest absolute Gasteiger partial charge is 0.142 e. The fourth-order valence-electron chi connectivity index (χ4n) is 5.28. The Hall–Kier alpha value is -3.08. The van der Waals surface area contributed by atoms with Gasteiger partial charge in [-0.2, -0.15) is 0 Å². The summed E-state index contributed by atoms with van der Waals surface area (Å²) in [5, 5.41) is 15.0. The van der Waals surface area contributed by atoms with Crippen molar-refractivity contribution in [3.8, 4) is 16.9 Å². The van der Waals surface area contributed by atoms with Crippen LogP contribution in [-0.2, 0) is 13.0 Å². The largest absolute Gasteiger partial charge is 0.513 e. The molecule has 0 spiro atoms. The number of ether oxygens (including phenoxy) is 1. The second-order valence-electron chi connectivity index (χ2n) is 8.58. The molecule has 0 radical (unpaired) electrons. The van der Waals surface area contributed by atoms with Crippen LogP contribution in [0.5, 0.6) is 5.75 Å². The molecule has 0 amide bonds. The van der Waals surface area contributed by atoms with E-state index in [2.05, 4.69) is 67.4 Å². The van der Waals surface area contributed by atoms with Gasteiger partial charge in [-0.15, -0.1) is 0 Å². The normalized spacial score (nSPS) is 15.0. The Balaban J connectivity index is 1.90. The molecule has 0 fully saturated rings. The van der Waals surface area contributed by atoms with E-state index in [4.69, 9.17) is 4.74 Å². The molecule has 5 heteroatoms. The van der Waals surface area contributed by atoms with Crippen molar-refractivity contribution in [2.45, 2.75) is 33.7 Å². The van der Waals surface area contributed by atoms with Gasteiger partial charge >= 0.3 is 0 Å². The first-order valence-electron chi connectivity index (χ1n) is 10.6. The van der Waals surface area contributed by atoms with E-state index < -0.39 is 0 Å². The molecule has 0 aliphatic carbocycles. The number of rotatable bonds is 3. The lowest BCUT2D eigenvalue weighted by molar-refractivity contribution is 0.323. The first kappa shape index (κ1) is 18.9. The van der Waals surface area contributed by atoms with Crippen LogP contribution >= 0.6 is 0 Å². The highest BCUT2D eigenvalue weighted by Gasteiger charge is 2.28. The quantitative estimate of drug-likeness (QED) is 0.597. The van der Waals surface area contributed by atoms with Gasteiger partial charge in [-0.25, -0.2) is 0 Å². The predicted molar refractivity (Wildman–Crippen MR) is 124 cm³/mol. The lowest BCUT2D eigenvalue weighted by Crippen LogP contribution is -2.29. The van der Waals surface area contributed by atoms with Gasteiger partial charge < -0.3 is 24.6 Å². The van der Waals surface area contributed by atoms with Gasteiger partial charge in [-0.05, 0) is 60.7 Å². The molecule has 2 N–H and O–H groups in total. The highest BCUT2D eigenvalue weighted by molar-refractivity contribution is 6.07. The van der Waals surface area contributed by atoms with E-state index in [1.807, 2.05) is 0 Å². The Morgan fingerprint density at radius 3 is 2.77 bits per heavy atom. The Labute approximate surface area is 177 Å². The van der Waals surface area contributed by atoms with Gasteiger partial charge in [0.1, 0.15) is 12.4 Å². The molecule has 3 heterocycles. The number of anilines is 2. The number of nitrogens with one attached hydrogen (secondary N) is 1. The third kappa shape index (κ3) is 2.61. The molecule has 0 saturated carbocycles. The zero-order valence-electron chi connectivity index (χ0n) is 18.2. The summed E-state index contributed by atoms with van der Waals surface area (Å²) < 4.78 is 8.29. The number of aliphatic hydroxyl groups is 1. The Kier molecular flexibility index (Phi) is 4.24. The summed E-state index contributed by atoms with van der Waals surface area (Å²) in [7, 11) is 2.16. The number of nitrogens with zero attached hydrogens (tertiary/aromatic N) is 2. The van der Waals surface area contributed by atoms with Crippen molar-refractivity contribution < 1.29 is 9.84 Å². The van der Waals surface area contributed by atoms with E-state index in [1.54, 1.807) is 0 Å². The molecule has 0 bridgehead atoms. The van der Waals surface area contributed by atoms with Crippen LogP contribution in [-0.4, -0.2) is 36.4 Å². The van der Waals surface area contributed by atoms with E-state index in [0.717, 1.165) is 36.6 Å². The van der Waals surface area contributed by atoms with Crippen molar-refractivity contribution in [2.75, 3.05) is 37.0 Å². The lowest BCUT2D eigenvalue weighted by Gasteiger charge is -2.32. The Morgan fingerprint density at radius 2 is 2.00 bits per heavy atom. The molecule has 0 unspecified atom stereocenters. The molecule has 0 saturated heterocycles. The Bertz CT molecular complexity index is 1210. The minimum Gasteiger partial charge on any atom is -0.513 e. The molecule has 5 rings (SSSR count). The van der Waals surface area contributed by atoms with Gasteiger partial charge in [-0.1, -0.05) is 12.6 Å². The minimum absolute atomic E-state index is 0.192. The maximum Gasteiger partial charge on any atom is 0.142 e. The molecule has 2 aromatic carbocycles. The maximum atomic E-state index is 10.2. The van der Waals surface area contributed by atoms with Crippen LogP contribution in [0.4, 0.5) is 11.4 Å². The van der Waals surface area contributed by atoms with E-state index in [9.17, 15) is 5.11 Å². The van der Waals surface area contributed by atoms with E-state index in [-0.39, 0.29) is 5.76 Å². The summed E-state index contributed by atoms with van der Waals surface area (Å²) in [4.78, 5) is 2.35. The van der Waals surface area contributed by atoms with Crippen LogP contribution < -0.4 is 15.0 Å². The average Bonchev–Trinajstić information content (AvgIpc) is 3.04. The number of benzene rings is 2. The van der Waals surface area contributed by atoms with Crippen molar-refractivity contribution >= 4 is 22.3 Å². The topological polar surface area (TPSA) is 49.7 Å². The van der Waals surface area contributed by atoms with Crippen LogP contribution in [0.1, 0.15) is 22.4 Å². The van der Waals surface area contributed by atoms with Crippen LogP contribution in [0.2, 0.25) is 0 Å². The molecule has 2 aliphatic heterocycles. The summed E-state index contributed by atoms with van der Waals surface area (Å²) in [5.74, 6) is 1.10. The second-order valence-corrected chi connectivity index (χ2v) is 8.58. The highest BCUT2D eigenvalue weighted by atomic mass is 16.5. The third-order valence-electron chi connectivity index (χ3n) is 6.69. The molecular weight excluding hydrogens is 374 g/mol. The molecule has 2 aliphatic rings. The number of allylic oxidation sites excluding steroid dienone is 1. The van der Waals surface area contributed by atoms with E-state index in [1.165, 1.54) is 44.5 Å². The third-order valence-corrected chi connectivity index (χ3v) is 6.69. The van der Waals surface area contributed by atoms with Crippen molar-refractivity contribution in [3.05, 3.63) is 52.9 Å². The van der Waals surface area contributed by atoms with E-state index >= 15 is 0 Å². The maximum absolute atomic E-state index is 10.2. The van der Waals surface area contributed by atoms with Crippen LogP contribution in [0, 0.1) is 20.8 Å². The van der Waals surface area contributed by atoms with Crippen molar-refractivity contribution in [2.24, 2.45) is 0 Å². The zero-order valence-corrected chi connectivity index (χ0v) is 18.2. The van der Waals surface area contributed by atoms with E-state index in [0.29, 0.717) is 13.0 Å². The number of aryl methyl sites for hydroxylation is 1. The van der Waals surface area contributed by atoms with Gasteiger partial charge in [-0.3, -0.25) is 0 Å². The monoisotopic (exact) mass is 403 g/mol. The summed E-state index contributed by atoms with van der Waals surface area (Å²) in [6, 6.07) is 6.54. The van der Waals surface area contributed by atoms with Crippen LogP contribution in [0.3, 0.4) is 0 Å². The minimum atomic E-state index is 0.192. The van der Waals surface area contributed by atoms with Crippen LogP contribution in [0.25, 0.3) is 22.0 Å². The molecule has 3 aromatic rings. The summed E-state index contributed by atoms with van der Waals surface area (Å²) >= 11 is 0. The van der Waals surface area contributed by atoms with Crippen molar-refractivity contribution in [1.82, 2.24) is 4.57 Å². The fourth-order valence-corrected chi connectivity index (χ4v) is 5.28. The van der Waals surface area contributed by atoms with Crippen molar-refractivity contribution in [1.29, 1.82) is 0 Å². The lowest BCUT2D eigenvalue weighted by atomic mass is 9.86. The molecule has 5 nitrogen and oxygen atoms in total. The number of aromatic nitrogens is 1. The SMILES string of the molecule is C=C(O)Cc1c(C)c2c3c(cc(C)n3CCN2C)c1-c1ccc2c(c1C)NCCO2. The van der Waals surface area contributed by atoms with Crippen LogP contribution in [0.15, 0.2) is 30.5 Å². The van der Waals surface area contributed by atoms with Gasteiger partial charge in [0.25, 0.3) is 0 Å². The van der Waals surface area contributed by atoms with Crippen molar-refractivity contribution in [3.63, 3.8) is 0 Å². The predicted octanol–water partition coefficient (Wildman–Crippen LogP) is 5.10. The number of fused-ring (bicyclic) bond motifs is 1. The molecular formula is C25H29N3O2. The van der Waals surface area contributed by atoms with Gasteiger partial charge in [0.05, 0.1) is 22.7 Å². The average molecular weight is 404 g/mol. The standard InChI is InChI=1S/C25H29N3O2/c1-14-12-20-22(18-6-7-21-23(16(18)3)26-8-11-30-21)19(13-15(2)29)17(4)24-25(20)28(14)10-9-27(24)5/h6-7,12,26,29H,2,8-11,13H2,1,3-5H3. The van der Waals surface area contributed by atoms with Gasteiger partial charge in [0.15, 0.2) is 0 Å². The highest BCUT2D eigenvalue weighted by Crippen LogP contribution is 2.47. The van der Waals surface area contributed by atoms with Gasteiger partial charge in [0.2, 0.25) is 0 Å². The number of aliphatic hydroxyl groups excluding tert-OH is 1. The first-order valence-corrected chi connectivity index (χ1v) is 10.6. The molecule has 156 valence electrons. The summed E-state index contributed by atoms with van der Waals surface area (Å²) in [6.45, 7) is 13.8. The first-order chi connectivity index (χ1) is 14.4. The second kappa shape index (κ2) is 6.73.